The van der Waals surface area contributed by atoms with Crippen LogP contribution in [-0.2, 0) is 6.54 Å². The lowest BCUT2D eigenvalue weighted by atomic mass is 10.2. The molecule has 0 spiro atoms. The summed E-state index contributed by atoms with van der Waals surface area (Å²) >= 11 is 11.4. The summed E-state index contributed by atoms with van der Waals surface area (Å²) in [5, 5.41) is 6.52. The van der Waals surface area contributed by atoms with Crippen molar-refractivity contribution in [3.05, 3.63) is 39.7 Å². The van der Waals surface area contributed by atoms with Crippen molar-refractivity contribution in [3.63, 3.8) is 0 Å². The van der Waals surface area contributed by atoms with E-state index in [-0.39, 0.29) is 28.3 Å². The molecule has 8 heteroatoms. The highest BCUT2D eigenvalue weighted by Crippen LogP contribution is 2.16. The van der Waals surface area contributed by atoms with Crippen LogP contribution in [0.3, 0.4) is 0 Å². The quantitative estimate of drug-likeness (QED) is 0.873. The fourth-order valence-electron chi connectivity index (χ4n) is 1.25. The Balaban J connectivity index is 2.03. The zero-order valence-corrected chi connectivity index (χ0v) is 10.8. The Labute approximate surface area is 112 Å². The number of hydrogen-bond donors (Lipinski definition) is 1. The lowest BCUT2D eigenvalue weighted by molar-refractivity contribution is 0.0949. The molecule has 1 N–H and O–H groups in total. The van der Waals surface area contributed by atoms with Gasteiger partial charge in [0.2, 0.25) is 5.89 Å². The van der Waals surface area contributed by atoms with Gasteiger partial charge in [-0.05, 0) is 12.1 Å². The third-order valence-electron chi connectivity index (χ3n) is 2.04. The van der Waals surface area contributed by atoms with Gasteiger partial charge in [-0.25, -0.2) is 4.98 Å². The number of halogens is 2. The second kappa shape index (κ2) is 5.32. The smallest absolute Gasteiger partial charge is 0.254 e. The summed E-state index contributed by atoms with van der Waals surface area (Å²) in [4.78, 5) is 19.5. The minimum Gasteiger partial charge on any atom is -0.345 e. The van der Waals surface area contributed by atoms with Gasteiger partial charge >= 0.3 is 0 Å². The molecule has 18 heavy (non-hydrogen) atoms. The molecule has 0 saturated heterocycles. The number of nitrogens with zero attached hydrogens (tertiary/aromatic N) is 3. The van der Waals surface area contributed by atoms with Crippen LogP contribution in [-0.4, -0.2) is 21.0 Å². The van der Waals surface area contributed by atoms with E-state index >= 15 is 0 Å². The molecule has 1 amide bonds. The summed E-state index contributed by atoms with van der Waals surface area (Å²) in [6.07, 6.45) is 0. The van der Waals surface area contributed by atoms with E-state index in [4.69, 9.17) is 27.7 Å². The van der Waals surface area contributed by atoms with Crippen molar-refractivity contribution >= 4 is 29.1 Å². The molecular formula is C10H8Cl2N4O2. The van der Waals surface area contributed by atoms with Crippen LogP contribution >= 0.6 is 23.2 Å². The summed E-state index contributed by atoms with van der Waals surface area (Å²) in [5.41, 5.74) is 0.237. The zero-order valence-electron chi connectivity index (χ0n) is 9.28. The van der Waals surface area contributed by atoms with Crippen LogP contribution in [0, 0.1) is 6.92 Å². The van der Waals surface area contributed by atoms with Crippen molar-refractivity contribution in [2.75, 3.05) is 0 Å². The fraction of sp³-hybridized carbons (Fsp3) is 0.200. The highest BCUT2D eigenvalue weighted by Gasteiger charge is 2.12. The van der Waals surface area contributed by atoms with Crippen molar-refractivity contribution in [1.82, 2.24) is 20.4 Å². The van der Waals surface area contributed by atoms with Crippen molar-refractivity contribution < 1.29 is 9.32 Å². The van der Waals surface area contributed by atoms with E-state index in [9.17, 15) is 4.79 Å². The number of rotatable bonds is 3. The molecule has 0 fully saturated rings. The maximum atomic E-state index is 11.8. The number of pyridine rings is 1. The average molecular weight is 287 g/mol. The summed E-state index contributed by atoms with van der Waals surface area (Å²) in [6, 6.07) is 2.98. The standard InChI is InChI=1S/C10H8Cl2N4O2/c1-5-14-8(16-18-5)4-13-10(17)6-2-3-7(11)15-9(6)12/h2-3H,4H2,1H3,(H,13,17). The van der Waals surface area contributed by atoms with Crippen LogP contribution < -0.4 is 5.32 Å². The number of hydrogen-bond acceptors (Lipinski definition) is 5. The molecular weight excluding hydrogens is 279 g/mol. The predicted molar refractivity (Wildman–Crippen MR) is 64.5 cm³/mol. The number of carbonyl (C=O) groups excluding carboxylic acids is 1. The normalized spacial score (nSPS) is 10.4. The lowest BCUT2D eigenvalue weighted by Gasteiger charge is -2.04. The molecule has 6 nitrogen and oxygen atoms in total. The molecule has 0 aromatic carbocycles. The van der Waals surface area contributed by atoms with Gasteiger partial charge in [-0.1, -0.05) is 28.4 Å². The van der Waals surface area contributed by atoms with E-state index < -0.39 is 0 Å². The Morgan fingerprint density at radius 1 is 1.39 bits per heavy atom. The number of carbonyl (C=O) groups is 1. The Bertz CT molecular complexity index is 585. The van der Waals surface area contributed by atoms with E-state index in [1.54, 1.807) is 6.92 Å². The van der Waals surface area contributed by atoms with Gasteiger partial charge in [0.05, 0.1) is 12.1 Å². The van der Waals surface area contributed by atoms with E-state index in [0.29, 0.717) is 11.7 Å². The Kier molecular flexibility index (Phi) is 3.78. The molecule has 0 aliphatic heterocycles. The first-order chi connectivity index (χ1) is 8.56. The first kappa shape index (κ1) is 12.8. The molecule has 2 heterocycles. The Hall–Kier alpha value is -1.66. The molecule has 2 aromatic rings. The monoisotopic (exact) mass is 286 g/mol. The Morgan fingerprint density at radius 2 is 2.17 bits per heavy atom. The summed E-state index contributed by atoms with van der Waals surface area (Å²) in [7, 11) is 0. The van der Waals surface area contributed by atoms with Crippen LogP contribution in [0.15, 0.2) is 16.7 Å². The molecule has 0 radical (unpaired) electrons. The van der Waals surface area contributed by atoms with Gasteiger partial charge in [0.15, 0.2) is 5.82 Å². The molecule has 2 rings (SSSR count). The largest absolute Gasteiger partial charge is 0.345 e. The van der Waals surface area contributed by atoms with Crippen LogP contribution in [0.1, 0.15) is 22.1 Å². The minimum absolute atomic E-state index is 0.0456. The molecule has 0 atom stereocenters. The predicted octanol–water partition coefficient (Wildman–Crippen LogP) is 2.01. The fourth-order valence-corrected chi connectivity index (χ4v) is 1.68. The van der Waals surface area contributed by atoms with Crippen molar-refractivity contribution in [2.45, 2.75) is 13.5 Å². The second-order valence-corrected chi connectivity index (χ2v) is 4.13. The summed E-state index contributed by atoms with van der Waals surface area (Å²) < 4.78 is 4.77. The number of nitrogens with one attached hydrogen (secondary N) is 1. The van der Waals surface area contributed by atoms with Gasteiger partial charge in [-0.2, -0.15) is 4.98 Å². The topological polar surface area (TPSA) is 80.9 Å². The molecule has 0 aliphatic carbocycles. The number of aryl methyl sites for hydroxylation is 1. The van der Waals surface area contributed by atoms with Crippen LogP contribution in [0.4, 0.5) is 0 Å². The van der Waals surface area contributed by atoms with Gasteiger partial charge in [-0.3, -0.25) is 4.79 Å². The molecule has 0 bridgehead atoms. The highest BCUT2D eigenvalue weighted by molar-refractivity contribution is 6.34. The lowest BCUT2D eigenvalue weighted by Crippen LogP contribution is -2.24. The van der Waals surface area contributed by atoms with Crippen LogP contribution in [0.5, 0.6) is 0 Å². The summed E-state index contributed by atoms with van der Waals surface area (Å²) in [6.45, 7) is 1.81. The number of amides is 1. The third kappa shape index (κ3) is 2.96. The highest BCUT2D eigenvalue weighted by atomic mass is 35.5. The molecule has 0 unspecified atom stereocenters. The maximum Gasteiger partial charge on any atom is 0.254 e. The minimum atomic E-state index is -0.383. The number of aromatic nitrogens is 3. The Morgan fingerprint density at radius 3 is 2.78 bits per heavy atom. The van der Waals surface area contributed by atoms with Gasteiger partial charge < -0.3 is 9.84 Å². The first-order valence-corrected chi connectivity index (χ1v) is 5.71. The van der Waals surface area contributed by atoms with Crippen LogP contribution in [0.25, 0.3) is 0 Å². The van der Waals surface area contributed by atoms with E-state index in [2.05, 4.69) is 20.4 Å². The zero-order chi connectivity index (χ0) is 13.1. The van der Waals surface area contributed by atoms with Gasteiger partial charge in [-0.15, -0.1) is 0 Å². The molecule has 94 valence electrons. The van der Waals surface area contributed by atoms with E-state index in [0.717, 1.165) is 0 Å². The average Bonchev–Trinajstić information content (AvgIpc) is 2.72. The SMILES string of the molecule is Cc1nc(CNC(=O)c2ccc(Cl)nc2Cl)no1. The van der Waals surface area contributed by atoms with E-state index in [1.807, 2.05) is 0 Å². The van der Waals surface area contributed by atoms with Crippen molar-refractivity contribution in [2.24, 2.45) is 0 Å². The summed E-state index contributed by atoms with van der Waals surface area (Å²) in [5.74, 6) is 0.441. The molecule has 2 aromatic heterocycles. The second-order valence-electron chi connectivity index (χ2n) is 3.38. The maximum absolute atomic E-state index is 11.8. The third-order valence-corrected chi connectivity index (χ3v) is 2.53. The van der Waals surface area contributed by atoms with Crippen LogP contribution in [0.2, 0.25) is 10.3 Å². The van der Waals surface area contributed by atoms with Crippen molar-refractivity contribution in [1.29, 1.82) is 0 Å². The molecule has 0 saturated carbocycles. The van der Waals surface area contributed by atoms with Gasteiger partial charge in [0, 0.05) is 6.92 Å². The van der Waals surface area contributed by atoms with E-state index in [1.165, 1.54) is 12.1 Å². The van der Waals surface area contributed by atoms with Crippen molar-refractivity contribution in [3.8, 4) is 0 Å². The van der Waals surface area contributed by atoms with Gasteiger partial charge in [0.25, 0.3) is 5.91 Å². The van der Waals surface area contributed by atoms with Gasteiger partial charge in [0.1, 0.15) is 10.3 Å². The molecule has 0 aliphatic rings. The first-order valence-electron chi connectivity index (χ1n) is 4.95.